The Morgan fingerprint density at radius 1 is 1.04 bits per heavy atom. The molecule has 0 spiro atoms. The number of amides is 1. The van der Waals surface area contributed by atoms with Crippen LogP contribution in [0.3, 0.4) is 0 Å². The number of alkyl carbamates (subject to hydrolysis) is 1. The minimum absolute atomic E-state index is 0.120. The van der Waals surface area contributed by atoms with Crippen LogP contribution in [-0.2, 0) is 35.2 Å². The SMILES string of the molecule is CCOC(=O)C(CC(=O)OCc1ccccc1)(NC(=O)OC(C)(C)C)C(=O)O. The summed E-state index contributed by atoms with van der Waals surface area (Å²) < 4.78 is 14.8. The molecule has 0 aliphatic heterocycles. The van der Waals surface area contributed by atoms with E-state index in [1.807, 2.05) is 5.32 Å². The van der Waals surface area contributed by atoms with Gasteiger partial charge in [0.1, 0.15) is 12.2 Å². The van der Waals surface area contributed by atoms with E-state index in [-0.39, 0.29) is 13.2 Å². The van der Waals surface area contributed by atoms with E-state index < -0.39 is 41.6 Å². The largest absolute Gasteiger partial charge is 0.479 e. The molecule has 0 radical (unpaired) electrons. The van der Waals surface area contributed by atoms with Gasteiger partial charge >= 0.3 is 24.0 Å². The fourth-order valence-electron chi connectivity index (χ4n) is 2.12. The molecule has 1 rings (SSSR count). The number of esters is 2. The monoisotopic (exact) mass is 395 g/mol. The number of carboxylic acids is 1. The molecule has 0 aromatic heterocycles. The van der Waals surface area contributed by atoms with Crippen LogP contribution in [0.15, 0.2) is 30.3 Å². The van der Waals surface area contributed by atoms with E-state index in [1.165, 1.54) is 6.92 Å². The predicted molar refractivity (Wildman–Crippen MR) is 97.2 cm³/mol. The quantitative estimate of drug-likeness (QED) is 0.389. The lowest BCUT2D eigenvalue weighted by Gasteiger charge is -2.29. The van der Waals surface area contributed by atoms with Crippen molar-refractivity contribution >= 4 is 24.0 Å². The van der Waals surface area contributed by atoms with E-state index in [0.29, 0.717) is 5.56 Å². The Balaban J connectivity index is 3.00. The molecule has 154 valence electrons. The molecule has 9 heteroatoms. The summed E-state index contributed by atoms with van der Waals surface area (Å²) in [6.45, 7) is 5.88. The van der Waals surface area contributed by atoms with Crippen LogP contribution in [0.2, 0.25) is 0 Å². The maximum atomic E-state index is 12.3. The molecular weight excluding hydrogens is 370 g/mol. The summed E-state index contributed by atoms with van der Waals surface area (Å²) in [5.41, 5.74) is -2.95. The van der Waals surface area contributed by atoms with Gasteiger partial charge in [0.2, 0.25) is 5.54 Å². The summed E-state index contributed by atoms with van der Waals surface area (Å²) in [5.74, 6) is -4.08. The van der Waals surface area contributed by atoms with Crippen LogP contribution in [-0.4, -0.2) is 46.9 Å². The van der Waals surface area contributed by atoms with Crippen LogP contribution in [0.1, 0.15) is 39.7 Å². The standard InChI is InChI=1S/C19H25NO8/c1-5-26-16(24)19(15(22)23,20-17(25)28-18(2,3)4)11-14(21)27-12-13-9-7-6-8-10-13/h6-10H,5,11-12H2,1-4H3,(H,20,25)(H,22,23). The Hall–Kier alpha value is -3.10. The van der Waals surface area contributed by atoms with Crippen LogP contribution in [0.25, 0.3) is 0 Å². The molecule has 0 heterocycles. The highest BCUT2D eigenvalue weighted by molar-refractivity contribution is 6.09. The van der Waals surface area contributed by atoms with Crippen molar-refractivity contribution in [2.45, 2.75) is 51.9 Å². The van der Waals surface area contributed by atoms with Gasteiger partial charge in [-0.15, -0.1) is 0 Å². The van der Waals surface area contributed by atoms with Crippen LogP contribution in [0.4, 0.5) is 4.79 Å². The number of carbonyl (C=O) groups excluding carboxylic acids is 3. The Labute approximate surface area is 163 Å². The van der Waals surface area contributed by atoms with E-state index in [9.17, 15) is 24.3 Å². The average Bonchev–Trinajstić information content (AvgIpc) is 2.58. The summed E-state index contributed by atoms with van der Waals surface area (Å²) in [4.78, 5) is 48.5. The maximum Gasteiger partial charge on any atom is 0.409 e. The van der Waals surface area contributed by atoms with Crippen LogP contribution < -0.4 is 5.32 Å². The second-order valence-electron chi connectivity index (χ2n) is 6.88. The lowest BCUT2D eigenvalue weighted by atomic mass is 9.95. The first-order valence-electron chi connectivity index (χ1n) is 8.61. The topological polar surface area (TPSA) is 128 Å². The van der Waals surface area contributed by atoms with Crippen molar-refractivity contribution < 1.29 is 38.5 Å². The van der Waals surface area contributed by atoms with E-state index in [1.54, 1.807) is 51.1 Å². The first-order chi connectivity index (χ1) is 13.0. The molecule has 28 heavy (non-hydrogen) atoms. The second-order valence-corrected chi connectivity index (χ2v) is 6.88. The number of aliphatic carboxylic acids is 1. The van der Waals surface area contributed by atoms with Crippen molar-refractivity contribution in [1.82, 2.24) is 5.32 Å². The zero-order chi connectivity index (χ0) is 21.4. The number of hydrogen-bond donors (Lipinski definition) is 2. The van der Waals surface area contributed by atoms with Crippen molar-refractivity contribution in [1.29, 1.82) is 0 Å². The molecule has 0 saturated heterocycles. The summed E-state index contributed by atoms with van der Waals surface area (Å²) in [5, 5.41) is 11.6. The van der Waals surface area contributed by atoms with Crippen molar-refractivity contribution in [3.8, 4) is 0 Å². The first-order valence-corrected chi connectivity index (χ1v) is 8.61. The van der Waals surface area contributed by atoms with Gasteiger partial charge in [0.05, 0.1) is 13.0 Å². The van der Waals surface area contributed by atoms with E-state index in [2.05, 4.69) is 0 Å². The van der Waals surface area contributed by atoms with E-state index in [4.69, 9.17) is 14.2 Å². The fraction of sp³-hybridized carbons (Fsp3) is 0.474. The van der Waals surface area contributed by atoms with Gasteiger partial charge in [-0.25, -0.2) is 14.4 Å². The zero-order valence-corrected chi connectivity index (χ0v) is 16.3. The smallest absolute Gasteiger partial charge is 0.409 e. The Bertz CT molecular complexity index is 710. The summed E-state index contributed by atoms with van der Waals surface area (Å²) in [6.07, 6.45) is -2.15. The van der Waals surface area contributed by atoms with E-state index >= 15 is 0 Å². The molecule has 1 amide bonds. The molecule has 1 atom stereocenters. The summed E-state index contributed by atoms with van der Waals surface area (Å²) in [7, 11) is 0. The highest BCUT2D eigenvalue weighted by Crippen LogP contribution is 2.18. The molecule has 1 aromatic rings. The number of ether oxygens (including phenoxy) is 3. The van der Waals surface area contributed by atoms with Gasteiger partial charge in [0, 0.05) is 0 Å². The van der Waals surface area contributed by atoms with Crippen molar-refractivity contribution in [2.24, 2.45) is 0 Å². The normalized spacial score (nSPS) is 13.0. The lowest BCUT2D eigenvalue weighted by Crippen LogP contribution is -2.62. The van der Waals surface area contributed by atoms with Gasteiger partial charge in [0.25, 0.3) is 0 Å². The van der Waals surface area contributed by atoms with Crippen LogP contribution in [0, 0.1) is 0 Å². The fourth-order valence-corrected chi connectivity index (χ4v) is 2.12. The number of hydrogen-bond acceptors (Lipinski definition) is 7. The van der Waals surface area contributed by atoms with Crippen LogP contribution in [0.5, 0.6) is 0 Å². The molecule has 9 nitrogen and oxygen atoms in total. The molecule has 0 saturated carbocycles. The zero-order valence-electron chi connectivity index (χ0n) is 16.3. The number of benzene rings is 1. The molecule has 0 aliphatic carbocycles. The van der Waals surface area contributed by atoms with Gasteiger partial charge in [-0.05, 0) is 33.3 Å². The Morgan fingerprint density at radius 2 is 1.64 bits per heavy atom. The highest BCUT2D eigenvalue weighted by Gasteiger charge is 2.52. The maximum absolute atomic E-state index is 12.3. The van der Waals surface area contributed by atoms with E-state index in [0.717, 1.165) is 0 Å². The average molecular weight is 395 g/mol. The van der Waals surface area contributed by atoms with Crippen molar-refractivity contribution in [3.05, 3.63) is 35.9 Å². The highest BCUT2D eigenvalue weighted by atomic mass is 16.6. The third-order valence-electron chi connectivity index (χ3n) is 3.36. The van der Waals surface area contributed by atoms with Gasteiger partial charge in [0.15, 0.2) is 0 Å². The second kappa shape index (κ2) is 9.72. The van der Waals surface area contributed by atoms with Gasteiger partial charge in [-0.2, -0.15) is 0 Å². The van der Waals surface area contributed by atoms with Crippen molar-refractivity contribution in [3.63, 3.8) is 0 Å². The molecular formula is C19H25NO8. The Morgan fingerprint density at radius 3 is 2.14 bits per heavy atom. The lowest BCUT2D eigenvalue weighted by molar-refractivity contribution is -0.168. The number of carboxylic acid groups (broad SMARTS) is 1. The molecule has 1 unspecified atom stereocenters. The molecule has 0 bridgehead atoms. The van der Waals surface area contributed by atoms with Gasteiger partial charge < -0.3 is 19.3 Å². The third-order valence-corrected chi connectivity index (χ3v) is 3.36. The minimum atomic E-state index is -2.67. The molecule has 2 N–H and O–H groups in total. The molecule has 0 fully saturated rings. The molecule has 0 aliphatic rings. The number of rotatable bonds is 8. The van der Waals surface area contributed by atoms with Gasteiger partial charge in [-0.1, -0.05) is 30.3 Å². The number of nitrogens with one attached hydrogen (secondary N) is 1. The minimum Gasteiger partial charge on any atom is -0.479 e. The molecule has 1 aromatic carbocycles. The van der Waals surface area contributed by atoms with Gasteiger partial charge in [-0.3, -0.25) is 10.1 Å². The summed E-state index contributed by atoms with van der Waals surface area (Å²) >= 11 is 0. The van der Waals surface area contributed by atoms with Crippen LogP contribution >= 0.6 is 0 Å². The first kappa shape index (κ1) is 22.9. The number of carbonyl (C=O) groups is 4. The Kier molecular flexibility index (Phi) is 7.97. The van der Waals surface area contributed by atoms with Crippen molar-refractivity contribution in [2.75, 3.05) is 6.61 Å². The third kappa shape index (κ3) is 6.90. The predicted octanol–water partition coefficient (Wildman–Crippen LogP) is 2.03. The summed E-state index contributed by atoms with van der Waals surface area (Å²) in [6, 6.07) is 8.69.